The van der Waals surface area contributed by atoms with E-state index >= 15 is 0 Å². The van der Waals surface area contributed by atoms with Crippen LogP contribution in [0.4, 0.5) is 0 Å². The molecule has 0 aliphatic carbocycles. The molecule has 0 saturated carbocycles. The molecule has 21 heavy (non-hydrogen) atoms. The monoisotopic (exact) mass is 300 g/mol. The van der Waals surface area contributed by atoms with Gasteiger partial charge in [-0.2, -0.15) is 0 Å². The summed E-state index contributed by atoms with van der Waals surface area (Å²) in [5.41, 5.74) is 0. The molecule has 0 bridgehead atoms. The molecule has 1 rings (SSSR count). The number of carbonyl (C=O) groups excluding carboxylic acids is 1. The second kappa shape index (κ2) is 9.92. The van der Waals surface area contributed by atoms with E-state index in [1.165, 1.54) is 18.6 Å². The van der Waals surface area contributed by atoms with Gasteiger partial charge in [0.05, 0.1) is 6.10 Å². The fourth-order valence-electron chi connectivity index (χ4n) is 2.41. The van der Waals surface area contributed by atoms with Crippen LogP contribution in [0.25, 0.3) is 0 Å². The fourth-order valence-corrected chi connectivity index (χ4v) is 2.41. The zero-order valence-electron chi connectivity index (χ0n) is 12.8. The Bertz CT molecular complexity index is 329. The predicted octanol–water partition coefficient (Wildman–Crippen LogP) is 1.69. The molecule has 0 unspecified atom stereocenters. The normalized spacial score (nSPS) is 32.5. The quantitative estimate of drug-likeness (QED) is 0.395. The molecule has 0 fully saturated rings. The van der Waals surface area contributed by atoms with Gasteiger partial charge in [0.2, 0.25) is 0 Å². The number of hydrogen-bond acceptors (Lipinski definition) is 5. The maximum Gasteiger partial charge on any atom is 0.306 e. The lowest BCUT2D eigenvalue weighted by Gasteiger charge is -2.26. The van der Waals surface area contributed by atoms with E-state index in [0.29, 0.717) is 6.42 Å². The fraction of sp³-hybridized carbons (Fsp3) is 0.812. The number of unbranched alkanes of at least 4 members (excludes halogenated alkanes) is 4. The van der Waals surface area contributed by atoms with E-state index in [-0.39, 0.29) is 12.8 Å². The summed E-state index contributed by atoms with van der Waals surface area (Å²) in [6, 6.07) is 0. The van der Waals surface area contributed by atoms with Crippen molar-refractivity contribution in [3.8, 4) is 0 Å². The molecule has 0 amide bonds. The van der Waals surface area contributed by atoms with Crippen LogP contribution in [0.2, 0.25) is 0 Å². The van der Waals surface area contributed by atoms with Crippen LogP contribution < -0.4 is 0 Å². The molecule has 0 aromatic heterocycles. The smallest absolute Gasteiger partial charge is 0.306 e. The summed E-state index contributed by atoms with van der Waals surface area (Å²) >= 11 is 0. The molecule has 0 aromatic rings. The second-order valence-electron chi connectivity index (χ2n) is 5.70. The minimum Gasteiger partial charge on any atom is -0.459 e. The van der Waals surface area contributed by atoms with Crippen LogP contribution >= 0.6 is 0 Å². The Morgan fingerprint density at radius 1 is 1.14 bits per heavy atom. The van der Waals surface area contributed by atoms with Gasteiger partial charge in [-0.05, 0) is 19.3 Å². The highest BCUT2D eigenvalue weighted by molar-refractivity contribution is 5.69. The van der Waals surface area contributed by atoms with E-state index in [1.54, 1.807) is 0 Å². The summed E-state index contributed by atoms with van der Waals surface area (Å²) in [4.78, 5) is 11.7. The first-order chi connectivity index (χ1) is 10.0. The molecule has 0 aromatic carbocycles. The van der Waals surface area contributed by atoms with Crippen molar-refractivity contribution in [2.24, 2.45) is 0 Å². The molecule has 1 heterocycles. The Labute approximate surface area is 126 Å². The minimum atomic E-state index is -1.15. The SMILES string of the molecule is CCCCCCC[C@H]1OC(=O)CC[C@@H](O)/C=C/[C@@H](O)[C@@H]1O. The van der Waals surface area contributed by atoms with E-state index in [9.17, 15) is 20.1 Å². The van der Waals surface area contributed by atoms with Crippen molar-refractivity contribution >= 4 is 5.97 Å². The number of ether oxygens (including phenoxy) is 1. The number of aliphatic hydroxyl groups is 3. The highest BCUT2D eigenvalue weighted by Crippen LogP contribution is 2.18. The van der Waals surface area contributed by atoms with Crippen molar-refractivity contribution < 1.29 is 24.9 Å². The molecule has 4 atom stereocenters. The highest BCUT2D eigenvalue weighted by Gasteiger charge is 2.29. The van der Waals surface area contributed by atoms with Crippen molar-refractivity contribution in [1.82, 2.24) is 0 Å². The third-order valence-corrected chi connectivity index (χ3v) is 3.78. The summed E-state index contributed by atoms with van der Waals surface area (Å²) in [6.45, 7) is 2.14. The van der Waals surface area contributed by atoms with Crippen molar-refractivity contribution in [3.63, 3.8) is 0 Å². The third-order valence-electron chi connectivity index (χ3n) is 3.78. The molecule has 122 valence electrons. The molecule has 3 N–H and O–H groups in total. The van der Waals surface area contributed by atoms with Gasteiger partial charge in [-0.15, -0.1) is 0 Å². The van der Waals surface area contributed by atoms with Crippen molar-refractivity contribution in [2.45, 2.75) is 82.7 Å². The molecule has 1 aliphatic heterocycles. The topological polar surface area (TPSA) is 87.0 Å². The largest absolute Gasteiger partial charge is 0.459 e. The van der Waals surface area contributed by atoms with Crippen LogP contribution in [0.3, 0.4) is 0 Å². The maximum atomic E-state index is 11.7. The molecule has 0 radical (unpaired) electrons. The zero-order valence-corrected chi connectivity index (χ0v) is 12.8. The maximum absolute atomic E-state index is 11.7. The van der Waals surface area contributed by atoms with Gasteiger partial charge in [0.1, 0.15) is 18.3 Å². The van der Waals surface area contributed by atoms with Crippen LogP contribution in [0.1, 0.15) is 58.3 Å². The summed E-state index contributed by atoms with van der Waals surface area (Å²) in [6.07, 6.45) is 5.29. The van der Waals surface area contributed by atoms with Crippen molar-refractivity contribution in [3.05, 3.63) is 12.2 Å². The van der Waals surface area contributed by atoms with E-state index in [1.807, 2.05) is 0 Å². The first kappa shape index (κ1) is 18.1. The van der Waals surface area contributed by atoms with Gasteiger partial charge in [0, 0.05) is 6.42 Å². The zero-order chi connectivity index (χ0) is 15.7. The lowest BCUT2D eigenvalue weighted by Crippen LogP contribution is -2.40. The van der Waals surface area contributed by atoms with Gasteiger partial charge < -0.3 is 20.1 Å². The second-order valence-corrected chi connectivity index (χ2v) is 5.70. The highest BCUT2D eigenvalue weighted by atomic mass is 16.6. The molecule has 0 saturated heterocycles. The van der Waals surface area contributed by atoms with Gasteiger partial charge in [0.25, 0.3) is 0 Å². The third kappa shape index (κ3) is 7.07. The summed E-state index contributed by atoms with van der Waals surface area (Å²) in [7, 11) is 0. The summed E-state index contributed by atoms with van der Waals surface area (Å²) in [5.74, 6) is -0.436. The van der Waals surface area contributed by atoms with Crippen LogP contribution in [-0.2, 0) is 9.53 Å². The average Bonchev–Trinajstić information content (AvgIpc) is 2.47. The Kier molecular flexibility index (Phi) is 8.57. The Hall–Kier alpha value is -0.910. The summed E-state index contributed by atoms with van der Waals surface area (Å²) < 4.78 is 5.27. The Balaban J connectivity index is 2.56. The molecule has 5 heteroatoms. The Morgan fingerprint density at radius 2 is 1.86 bits per heavy atom. The lowest BCUT2D eigenvalue weighted by atomic mass is 9.99. The minimum absolute atomic E-state index is 0.112. The number of hydrogen-bond donors (Lipinski definition) is 3. The first-order valence-electron chi connectivity index (χ1n) is 7.96. The van der Waals surface area contributed by atoms with Gasteiger partial charge in [-0.25, -0.2) is 0 Å². The van der Waals surface area contributed by atoms with Crippen LogP contribution in [0.15, 0.2) is 12.2 Å². The molecule has 5 nitrogen and oxygen atoms in total. The Morgan fingerprint density at radius 3 is 2.57 bits per heavy atom. The van der Waals surface area contributed by atoms with E-state index in [2.05, 4.69) is 6.92 Å². The molecular formula is C16H28O5. The van der Waals surface area contributed by atoms with Crippen molar-refractivity contribution in [2.75, 3.05) is 0 Å². The number of rotatable bonds is 6. The van der Waals surface area contributed by atoms with E-state index < -0.39 is 30.4 Å². The standard InChI is InChI=1S/C16H28O5/c1-2-3-4-5-6-7-14-16(20)13(18)10-8-12(17)9-11-15(19)21-14/h8,10,12-14,16-18,20H,2-7,9,11H2,1H3/b10-8+/t12-,13+,14+,16-/m0/s1. The van der Waals surface area contributed by atoms with Gasteiger partial charge in [-0.1, -0.05) is 44.8 Å². The predicted molar refractivity (Wildman–Crippen MR) is 79.7 cm³/mol. The van der Waals surface area contributed by atoms with Gasteiger partial charge >= 0.3 is 5.97 Å². The van der Waals surface area contributed by atoms with Gasteiger partial charge in [-0.3, -0.25) is 4.79 Å². The van der Waals surface area contributed by atoms with Crippen LogP contribution in [-0.4, -0.2) is 45.7 Å². The van der Waals surface area contributed by atoms with Crippen LogP contribution in [0, 0.1) is 0 Å². The van der Waals surface area contributed by atoms with Crippen LogP contribution in [0.5, 0.6) is 0 Å². The number of esters is 1. The lowest BCUT2D eigenvalue weighted by molar-refractivity contribution is -0.160. The summed E-state index contributed by atoms with van der Waals surface area (Å²) in [5, 5.41) is 29.5. The number of cyclic esters (lactones) is 1. The van der Waals surface area contributed by atoms with E-state index in [4.69, 9.17) is 4.74 Å². The number of carbonyl (C=O) groups is 1. The number of aliphatic hydroxyl groups excluding tert-OH is 3. The average molecular weight is 300 g/mol. The molecule has 1 aliphatic rings. The molecule has 0 spiro atoms. The van der Waals surface area contributed by atoms with Gasteiger partial charge in [0.15, 0.2) is 0 Å². The van der Waals surface area contributed by atoms with Crippen molar-refractivity contribution in [1.29, 1.82) is 0 Å². The van der Waals surface area contributed by atoms with E-state index in [0.717, 1.165) is 25.7 Å². The molecular weight excluding hydrogens is 272 g/mol. The first-order valence-corrected chi connectivity index (χ1v) is 7.96.